The Morgan fingerprint density at radius 3 is 2.60 bits per heavy atom. The maximum Gasteiger partial charge on any atom is 0.251 e. The molecule has 0 spiro atoms. The number of thioether (sulfide) groups is 1. The first-order valence-corrected chi connectivity index (χ1v) is 7.90. The largest absolute Gasteiger partial charge is 0.378 e. The minimum atomic E-state index is -0.191. The summed E-state index contributed by atoms with van der Waals surface area (Å²) >= 11 is 1.88. The molecule has 1 atom stereocenters. The fourth-order valence-electron chi connectivity index (χ4n) is 2.22. The normalized spacial score (nSPS) is 21.8. The van der Waals surface area contributed by atoms with Gasteiger partial charge in [-0.2, -0.15) is 11.8 Å². The molecule has 1 aliphatic heterocycles. The molecule has 1 heterocycles. The molecule has 1 fully saturated rings. The first-order valence-electron chi connectivity index (χ1n) is 6.75. The zero-order valence-electron chi connectivity index (χ0n) is 12.3. The van der Waals surface area contributed by atoms with Gasteiger partial charge in [0, 0.05) is 44.8 Å². The predicted octanol–water partition coefficient (Wildman–Crippen LogP) is 2.00. The highest BCUT2D eigenvalue weighted by atomic mass is 32.2. The fourth-order valence-corrected chi connectivity index (χ4v) is 3.61. The van der Waals surface area contributed by atoms with Crippen LogP contribution in [0.15, 0.2) is 24.3 Å². The Morgan fingerprint density at radius 2 is 2.10 bits per heavy atom. The monoisotopic (exact) mass is 294 g/mol. The molecule has 2 rings (SSSR count). The lowest BCUT2D eigenvalue weighted by Gasteiger charge is -2.26. The Bertz CT molecular complexity index is 453. The van der Waals surface area contributed by atoms with Crippen molar-refractivity contribution < 1.29 is 9.53 Å². The van der Waals surface area contributed by atoms with Crippen LogP contribution in [0, 0.1) is 0 Å². The lowest BCUT2D eigenvalue weighted by atomic mass is 10.0. The van der Waals surface area contributed by atoms with Crippen LogP contribution >= 0.6 is 11.8 Å². The van der Waals surface area contributed by atoms with Gasteiger partial charge in [0.15, 0.2) is 0 Å². The third-order valence-electron chi connectivity index (χ3n) is 3.72. The minimum absolute atomic E-state index is 0.0383. The second-order valence-electron chi connectivity index (χ2n) is 5.31. The number of rotatable bonds is 5. The Labute approximate surface area is 124 Å². The first kappa shape index (κ1) is 15.2. The minimum Gasteiger partial charge on any atom is -0.378 e. The number of anilines is 1. The van der Waals surface area contributed by atoms with Crippen molar-refractivity contribution in [2.24, 2.45) is 0 Å². The van der Waals surface area contributed by atoms with E-state index in [0.717, 1.165) is 23.6 Å². The number of amides is 1. The molecule has 4 nitrogen and oxygen atoms in total. The lowest BCUT2D eigenvalue weighted by Crippen LogP contribution is -2.44. The number of nitrogens with one attached hydrogen (secondary N) is 1. The van der Waals surface area contributed by atoms with Gasteiger partial charge in [-0.1, -0.05) is 0 Å². The highest BCUT2D eigenvalue weighted by Crippen LogP contribution is 2.30. The topological polar surface area (TPSA) is 41.6 Å². The number of hydrogen-bond acceptors (Lipinski definition) is 4. The number of carbonyl (C=O) groups excluding carboxylic acids is 1. The van der Waals surface area contributed by atoms with E-state index in [9.17, 15) is 4.79 Å². The number of nitrogens with zero attached hydrogens (tertiary/aromatic N) is 1. The molecule has 0 aromatic heterocycles. The molecular weight excluding hydrogens is 272 g/mol. The van der Waals surface area contributed by atoms with Crippen LogP contribution in [0.2, 0.25) is 0 Å². The van der Waals surface area contributed by atoms with E-state index < -0.39 is 0 Å². The Balaban J connectivity index is 1.94. The lowest BCUT2D eigenvalue weighted by molar-refractivity contribution is 0.0137. The average Bonchev–Trinajstić information content (AvgIpc) is 2.94. The van der Waals surface area contributed by atoms with Crippen molar-refractivity contribution in [2.45, 2.75) is 12.0 Å². The van der Waals surface area contributed by atoms with Gasteiger partial charge < -0.3 is 15.0 Å². The van der Waals surface area contributed by atoms with E-state index in [0.29, 0.717) is 12.1 Å². The van der Waals surface area contributed by atoms with Crippen molar-refractivity contribution in [1.29, 1.82) is 0 Å². The standard InChI is InChI=1S/C15H22N2O2S/c1-17(2)13-6-4-12(5-7-13)14(18)16-10-15(19-3)8-9-20-11-15/h4-7H,8-11H2,1-3H3,(H,16,18). The zero-order valence-corrected chi connectivity index (χ0v) is 13.1. The summed E-state index contributed by atoms with van der Waals surface area (Å²) in [5.41, 5.74) is 1.58. The molecule has 1 saturated heterocycles. The Morgan fingerprint density at radius 1 is 1.40 bits per heavy atom. The Kier molecular flexibility index (Phi) is 4.94. The summed E-state index contributed by atoms with van der Waals surface area (Å²) < 4.78 is 5.59. The number of benzene rings is 1. The summed E-state index contributed by atoms with van der Waals surface area (Å²) in [6.07, 6.45) is 0.994. The maximum absolute atomic E-state index is 12.2. The van der Waals surface area contributed by atoms with Gasteiger partial charge >= 0.3 is 0 Å². The Hall–Kier alpha value is -1.20. The van der Waals surface area contributed by atoms with Crippen LogP contribution in [-0.4, -0.2) is 50.8 Å². The van der Waals surface area contributed by atoms with Gasteiger partial charge in [0.1, 0.15) is 0 Å². The predicted molar refractivity (Wildman–Crippen MR) is 84.8 cm³/mol. The van der Waals surface area contributed by atoms with E-state index >= 15 is 0 Å². The van der Waals surface area contributed by atoms with Gasteiger partial charge in [0.25, 0.3) is 5.91 Å². The molecular formula is C15H22N2O2S. The van der Waals surface area contributed by atoms with Gasteiger partial charge in [-0.25, -0.2) is 0 Å². The molecule has 0 aliphatic carbocycles. The summed E-state index contributed by atoms with van der Waals surface area (Å²) in [5.74, 6) is 2.01. The van der Waals surface area contributed by atoms with Crippen molar-refractivity contribution in [2.75, 3.05) is 44.2 Å². The second kappa shape index (κ2) is 6.50. The van der Waals surface area contributed by atoms with Crippen LogP contribution in [-0.2, 0) is 4.74 Å². The molecule has 5 heteroatoms. The number of methoxy groups -OCH3 is 1. The van der Waals surface area contributed by atoms with Crippen molar-refractivity contribution in [1.82, 2.24) is 5.32 Å². The third-order valence-corrected chi connectivity index (χ3v) is 4.94. The summed E-state index contributed by atoms with van der Waals surface area (Å²) in [5, 5.41) is 2.99. The smallest absolute Gasteiger partial charge is 0.251 e. The molecule has 0 radical (unpaired) electrons. The third kappa shape index (κ3) is 3.46. The van der Waals surface area contributed by atoms with Crippen molar-refractivity contribution in [3.05, 3.63) is 29.8 Å². The van der Waals surface area contributed by atoms with E-state index in [1.165, 1.54) is 0 Å². The molecule has 0 saturated carbocycles. The van der Waals surface area contributed by atoms with Crippen molar-refractivity contribution in [3.63, 3.8) is 0 Å². The van der Waals surface area contributed by atoms with Crippen LogP contribution in [0.5, 0.6) is 0 Å². The summed E-state index contributed by atoms with van der Waals surface area (Å²) in [6, 6.07) is 7.61. The SMILES string of the molecule is COC1(CNC(=O)c2ccc(N(C)C)cc2)CCSC1. The summed E-state index contributed by atoms with van der Waals surface area (Å²) in [7, 11) is 5.69. The van der Waals surface area contributed by atoms with Crippen LogP contribution in [0.4, 0.5) is 5.69 Å². The summed E-state index contributed by atoms with van der Waals surface area (Å²) in [6.45, 7) is 0.574. The quantitative estimate of drug-likeness (QED) is 0.902. The number of hydrogen-bond donors (Lipinski definition) is 1. The van der Waals surface area contributed by atoms with Crippen molar-refractivity contribution in [3.8, 4) is 0 Å². The van der Waals surface area contributed by atoms with E-state index in [1.807, 2.05) is 55.0 Å². The van der Waals surface area contributed by atoms with Crippen molar-refractivity contribution >= 4 is 23.4 Å². The van der Waals surface area contributed by atoms with Gasteiger partial charge in [-0.05, 0) is 36.4 Å². The molecule has 0 bridgehead atoms. The van der Waals surface area contributed by atoms with E-state index in [4.69, 9.17) is 4.74 Å². The van der Waals surface area contributed by atoms with E-state index in [1.54, 1.807) is 7.11 Å². The number of ether oxygens (including phenoxy) is 1. The highest BCUT2D eigenvalue weighted by molar-refractivity contribution is 7.99. The average molecular weight is 294 g/mol. The van der Waals surface area contributed by atoms with Crippen LogP contribution < -0.4 is 10.2 Å². The zero-order chi connectivity index (χ0) is 14.6. The van der Waals surface area contributed by atoms with Crippen LogP contribution in [0.3, 0.4) is 0 Å². The molecule has 1 unspecified atom stereocenters. The van der Waals surface area contributed by atoms with Gasteiger partial charge in [0.2, 0.25) is 0 Å². The number of carbonyl (C=O) groups is 1. The molecule has 1 aromatic carbocycles. The first-order chi connectivity index (χ1) is 9.56. The molecule has 1 N–H and O–H groups in total. The maximum atomic E-state index is 12.2. The fraction of sp³-hybridized carbons (Fsp3) is 0.533. The molecule has 110 valence electrons. The molecule has 1 amide bonds. The van der Waals surface area contributed by atoms with Crippen LogP contribution in [0.25, 0.3) is 0 Å². The van der Waals surface area contributed by atoms with Gasteiger partial charge in [0.05, 0.1) is 5.60 Å². The van der Waals surface area contributed by atoms with Crippen LogP contribution in [0.1, 0.15) is 16.8 Å². The highest BCUT2D eigenvalue weighted by Gasteiger charge is 2.34. The second-order valence-corrected chi connectivity index (χ2v) is 6.42. The van der Waals surface area contributed by atoms with Gasteiger partial charge in [-0.15, -0.1) is 0 Å². The summed E-state index contributed by atoms with van der Waals surface area (Å²) in [4.78, 5) is 14.2. The van der Waals surface area contributed by atoms with E-state index in [-0.39, 0.29) is 11.5 Å². The molecule has 20 heavy (non-hydrogen) atoms. The molecule has 1 aliphatic rings. The molecule has 1 aromatic rings. The van der Waals surface area contributed by atoms with Gasteiger partial charge in [-0.3, -0.25) is 4.79 Å². The van der Waals surface area contributed by atoms with E-state index in [2.05, 4.69) is 5.32 Å².